The lowest BCUT2D eigenvalue weighted by atomic mass is 10.0. The van der Waals surface area contributed by atoms with Gasteiger partial charge in [0.2, 0.25) is 15.9 Å². The molecule has 0 aromatic heterocycles. The van der Waals surface area contributed by atoms with E-state index in [1.54, 1.807) is 20.8 Å². The van der Waals surface area contributed by atoms with Gasteiger partial charge in [0.05, 0.1) is 5.75 Å². The Labute approximate surface area is 103 Å². The third-order valence-corrected chi connectivity index (χ3v) is 3.96. The second-order valence-corrected chi connectivity index (χ2v) is 6.19. The second kappa shape index (κ2) is 7.62. The van der Waals surface area contributed by atoms with Crippen molar-refractivity contribution in [2.45, 2.75) is 33.2 Å². The average Bonchev–Trinajstić information content (AvgIpc) is 2.27. The van der Waals surface area contributed by atoms with E-state index in [2.05, 4.69) is 10.0 Å². The van der Waals surface area contributed by atoms with Crippen molar-refractivity contribution in [3.05, 3.63) is 0 Å². The van der Waals surface area contributed by atoms with E-state index in [-0.39, 0.29) is 23.6 Å². The third-order valence-electron chi connectivity index (χ3n) is 2.56. The van der Waals surface area contributed by atoms with Crippen molar-refractivity contribution in [1.29, 1.82) is 0 Å². The first-order valence-electron chi connectivity index (χ1n) is 5.80. The number of carbonyl (C=O) groups excluding carboxylic acids is 1. The van der Waals surface area contributed by atoms with Crippen LogP contribution in [0.15, 0.2) is 0 Å². The van der Waals surface area contributed by atoms with Gasteiger partial charge < -0.3 is 11.1 Å². The molecule has 0 aromatic rings. The van der Waals surface area contributed by atoms with Gasteiger partial charge in [-0.25, -0.2) is 13.1 Å². The summed E-state index contributed by atoms with van der Waals surface area (Å²) in [4.78, 5) is 11.5. The van der Waals surface area contributed by atoms with Gasteiger partial charge in [-0.2, -0.15) is 0 Å². The van der Waals surface area contributed by atoms with Crippen LogP contribution in [0.1, 0.15) is 27.2 Å². The lowest BCUT2D eigenvalue weighted by Crippen LogP contribution is -2.39. The highest BCUT2D eigenvalue weighted by Gasteiger charge is 2.16. The number of hydrogen-bond acceptors (Lipinski definition) is 4. The van der Waals surface area contributed by atoms with Crippen LogP contribution in [-0.4, -0.2) is 39.2 Å². The molecule has 0 spiro atoms. The molecule has 7 heteroatoms. The SMILES string of the molecule is CCS(=O)(=O)NCCCNC(=O)C(C)C(C)N. The molecule has 0 rings (SSSR count). The van der Waals surface area contributed by atoms with Crippen LogP contribution in [0, 0.1) is 5.92 Å². The lowest BCUT2D eigenvalue weighted by molar-refractivity contribution is -0.124. The summed E-state index contributed by atoms with van der Waals surface area (Å²) in [5.41, 5.74) is 5.59. The Kier molecular flexibility index (Phi) is 7.33. The number of nitrogens with one attached hydrogen (secondary N) is 2. The van der Waals surface area contributed by atoms with Gasteiger partial charge in [-0.15, -0.1) is 0 Å². The van der Waals surface area contributed by atoms with Crippen LogP contribution < -0.4 is 15.8 Å². The molecule has 0 fully saturated rings. The van der Waals surface area contributed by atoms with Gasteiger partial charge in [0.1, 0.15) is 0 Å². The molecule has 2 unspecified atom stereocenters. The van der Waals surface area contributed by atoms with E-state index in [1.165, 1.54) is 0 Å². The predicted octanol–water partition coefficient (Wildman–Crippen LogP) is -0.585. The van der Waals surface area contributed by atoms with Gasteiger partial charge in [-0.3, -0.25) is 4.79 Å². The number of carbonyl (C=O) groups is 1. The second-order valence-electron chi connectivity index (χ2n) is 4.09. The van der Waals surface area contributed by atoms with Crippen molar-refractivity contribution in [2.24, 2.45) is 11.7 Å². The predicted molar refractivity (Wildman–Crippen MR) is 67.9 cm³/mol. The van der Waals surface area contributed by atoms with Crippen molar-refractivity contribution in [3.63, 3.8) is 0 Å². The van der Waals surface area contributed by atoms with Crippen LogP contribution in [0.2, 0.25) is 0 Å². The highest BCUT2D eigenvalue weighted by atomic mass is 32.2. The summed E-state index contributed by atoms with van der Waals surface area (Å²) in [7, 11) is -3.13. The monoisotopic (exact) mass is 265 g/mol. The maximum atomic E-state index is 11.5. The van der Waals surface area contributed by atoms with E-state index in [0.717, 1.165) is 0 Å². The number of nitrogens with two attached hydrogens (primary N) is 1. The van der Waals surface area contributed by atoms with E-state index in [0.29, 0.717) is 19.5 Å². The molecule has 4 N–H and O–H groups in total. The number of sulfonamides is 1. The Morgan fingerprint density at radius 3 is 2.35 bits per heavy atom. The molecule has 17 heavy (non-hydrogen) atoms. The average molecular weight is 265 g/mol. The van der Waals surface area contributed by atoms with Crippen molar-refractivity contribution in [2.75, 3.05) is 18.8 Å². The van der Waals surface area contributed by atoms with E-state index in [9.17, 15) is 13.2 Å². The van der Waals surface area contributed by atoms with Crippen LogP contribution in [0.4, 0.5) is 0 Å². The van der Waals surface area contributed by atoms with Gasteiger partial charge in [-0.05, 0) is 20.3 Å². The number of rotatable bonds is 8. The maximum absolute atomic E-state index is 11.5. The Hall–Kier alpha value is -0.660. The fourth-order valence-corrected chi connectivity index (χ4v) is 1.69. The molecule has 0 bridgehead atoms. The zero-order chi connectivity index (χ0) is 13.5. The normalized spacial score (nSPS) is 15.3. The minimum absolute atomic E-state index is 0.0705. The molecule has 2 atom stereocenters. The van der Waals surface area contributed by atoms with Gasteiger partial charge in [0.25, 0.3) is 0 Å². The molecule has 0 aromatic carbocycles. The zero-order valence-corrected chi connectivity index (χ0v) is 11.5. The molecule has 0 radical (unpaired) electrons. The van der Waals surface area contributed by atoms with Crippen LogP contribution in [-0.2, 0) is 14.8 Å². The minimum atomic E-state index is -3.13. The molecule has 0 aliphatic heterocycles. The first kappa shape index (κ1) is 16.3. The Morgan fingerprint density at radius 1 is 1.29 bits per heavy atom. The van der Waals surface area contributed by atoms with Crippen LogP contribution >= 0.6 is 0 Å². The molecule has 1 amide bonds. The van der Waals surface area contributed by atoms with E-state index < -0.39 is 10.0 Å². The van der Waals surface area contributed by atoms with E-state index >= 15 is 0 Å². The van der Waals surface area contributed by atoms with Crippen LogP contribution in [0.25, 0.3) is 0 Å². The molecule has 0 saturated carbocycles. The van der Waals surface area contributed by atoms with Crippen molar-refractivity contribution in [1.82, 2.24) is 10.0 Å². The Balaban J connectivity index is 3.69. The summed E-state index contributed by atoms with van der Waals surface area (Å²) in [6, 6.07) is -0.186. The molecular formula is C10H23N3O3S. The fourth-order valence-electron chi connectivity index (χ4n) is 1.03. The molecule has 0 aliphatic rings. The summed E-state index contributed by atoms with van der Waals surface area (Å²) < 4.78 is 24.6. The van der Waals surface area contributed by atoms with Gasteiger partial charge in [-0.1, -0.05) is 6.92 Å². The largest absolute Gasteiger partial charge is 0.356 e. The highest BCUT2D eigenvalue weighted by Crippen LogP contribution is 1.98. The molecule has 0 aliphatic carbocycles. The van der Waals surface area contributed by atoms with Gasteiger partial charge in [0.15, 0.2) is 0 Å². The smallest absolute Gasteiger partial charge is 0.224 e. The summed E-state index contributed by atoms with van der Waals surface area (Å²) in [5.74, 6) is -0.262. The third kappa shape index (κ3) is 7.30. The van der Waals surface area contributed by atoms with Crippen molar-refractivity contribution < 1.29 is 13.2 Å². The van der Waals surface area contributed by atoms with E-state index in [1.807, 2.05) is 0 Å². The standard InChI is InChI=1S/C10H23N3O3S/c1-4-17(15,16)13-7-5-6-12-10(14)8(2)9(3)11/h8-9,13H,4-7,11H2,1-3H3,(H,12,14). The summed E-state index contributed by atoms with van der Waals surface area (Å²) in [6.45, 7) is 5.90. The van der Waals surface area contributed by atoms with Crippen molar-refractivity contribution in [3.8, 4) is 0 Å². The quantitative estimate of drug-likeness (QED) is 0.511. The van der Waals surface area contributed by atoms with Crippen molar-refractivity contribution >= 4 is 15.9 Å². The summed E-state index contributed by atoms with van der Waals surface area (Å²) in [6.07, 6.45) is 0.566. The molecule has 0 saturated heterocycles. The summed E-state index contributed by atoms with van der Waals surface area (Å²) >= 11 is 0. The molecule has 102 valence electrons. The Morgan fingerprint density at radius 2 is 1.88 bits per heavy atom. The van der Waals surface area contributed by atoms with Crippen LogP contribution in [0.3, 0.4) is 0 Å². The first-order valence-corrected chi connectivity index (χ1v) is 7.46. The van der Waals surface area contributed by atoms with E-state index in [4.69, 9.17) is 5.73 Å². The highest BCUT2D eigenvalue weighted by molar-refractivity contribution is 7.89. The lowest BCUT2D eigenvalue weighted by Gasteiger charge is -2.15. The fraction of sp³-hybridized carbons (Fsp3) is 0.900. The molecular weight excluding hydrogens is 242 g/mol. The van der Waals surface area contributed by atoms with Crippen LogP contribution in [0.5, 0.6) is 0 Å². The number of hydrogen-bond donors (Lipinski definition) is 3. The maximum Gasteiger partial charge on any atom is 0.224 e. The molecule has 6 nitrogen and oxygen atoms in total. The minimum Gasteiger partial charge on any atom is -0.356 e. The zero-order valence-electron chi connectivity index (χ0n) is 10.7. The summed E-state index contributed by atoms with van der Waals surface area (Å²) in [5, 5.41) is 2.71. The topological polar surface area (TPSA) is 101 Å². The van der Waals surface area contributed by atoms with Gasteiger partial charge >= 0.3 is 0 Å². The number of amides is 1. The first-order chi connectivity index (χ1) is 7.80. The Bertz CT molecular complexity index is 328. The molecule has 0 heterocycles. The van der Waals surface area contributed by atoms with Gasteiger partial charge in [0, 0.05) is 25.0 Å².